The second kappa shape index (κ2) is 17.3. The van der Waals surface area contributed by atoms with Crippen molar-refractivity contribution in [3.05, 3.63) is 161 Å². The Bertz CT molecular complexity index is 2090. The van der Waals surface area contributed by atoms with Crippen molar-refractivity contribution in [2.24, 2.45) is 0 Å². The molecule has 0 radical (unpaired) electrons. The molecule has 274 valence electrons. The molecular formula is C41H40N2O8S2. The number of hydrogen-bond donors (Lipinski definition) is 4. The second-order valence-corrected chi connectivity index (χ2v) is 15.6. The van der Waals surface area contributed by atoms with E-state index in [1.165, 1.54) is 12.1 Å². The molecule has 1 aliphatic rings. The number of sulfonamides is 1. The van der Waals surface area contributed by atoms with E-state index in [4.69, 9.17) is 9.47 Å². The van der Waals surface area contributed by atoms with Crippen LogP contribution in [0.4, 0.5) is 5.69 Å². The van der Waals surface area contributed by atoms with Gasteiger partial charge in [-0.05, 0) is 78.6 Å². The maximum absolute atomic E-state index is 13.7. The molecule has 4 N–H and O–H groups in total. The zero-order valence-electron chi connectivity index (χ0n) is 28.9. The van der Waals surface area contributed by atoms with Crippen LogP contribution < -0.4 is 10.0 Å². The van der Waals surface area contributed by atoms with Crippen molar-refractivity contribution in [2.75, 3.05) is 11.1 Å². The van der Waals surface area contributed by atoms with Crippen LogP contribution in [-0.4, -0.2) is 48.4 Å². The monoisotopic (exact) mass is 752 g/mol. The van der Waals surface area contributed by atoms with E-state index in [2.05, 4.69) is 10.0 Å². The number of benzene rings is 5. The van der Waals surface area contributed by atoms with Gasteiger partial charge in [-0.1, -0.05) is 84.4 Å². The van der Waals surface area contributed by atoms with E-state index in [0.717, 1.165) is 32.7 Å². The second-order valence-electron chi connectivity index (χ2n) is 12.8. The first-order valence-electron chi connectivity index (χ1n) is 17.1. The molecule has 0 bridgehead atoms. The molecule has 5 aromatic carbocycles. The van der Waals surface area contributed by atoms with Crippen LogP contribution in [0.15, 0.2) is 137 Å². The Labute approximate surface area is 313 Å². The Morgan fingerprint density at radius 1 is 0.811 bits per heavy atom. The fraction of sp³-hybridized carbons (Fsp3) is 0.220. The quantitative estimate of drug-likeness (QED) is 0.0875. The third-order valence-corrected chi connectivity index (χ3v) is 11.5. The fourth-order valence-electron chi connectivity index (χ4n) is 5.87. The minimum atomic E-state index is -4.00. The summed E-state index contributed by atoms with van der Waals surface area (Å²) >= 11 is 1.56. The molecule has 12 heteroatoms. The van der Waals surface area contributed by atoms with Crippen molar-refractivity contribution in [2.45, 2.75) is 60.7 Å². The number of carboxylic acids is 1. The van der Waals surface area contributed by atoms with Crippen molar-refractivity contribution in [1.82, 2.24) is 4.72 Å². The van der Waals surface area contributed by atoms with Crippen molar-refractivity contribution in [3.8, 4) is 0 Å². The zero-order chi connectivity index (χ0) is 37.4. The van der Waals surface area contributed by atoms with E-state index in [-0.39, 0.29) is 35.7 Å². The number of nitrogens with one attached hydrogen (secondary N) is 2. The van der Waals surface area contributed by atoms with Crippen LogP contribution in [0.2, 0.25) is 0 Å². The van der Waals surface area contributed by atoms with Gasteiger partial charge in [-0.15, -0.1) is 11.8 Å². The summed E-state index contributed by atoms with van der Waals surface area (Å²) in [7, 11) is -4.00. The normalized spacial score (nSPS) is 17.9. The fourth-order valence-corrected chi connectivity index (χ4v) is 7.99. The van der Waals surface area contributed by atoms with Crippen LogP contribution in [0.3, 0.4) is 0 Å². The van der Waals surface area contributed by atoms with Crippen molar-refractivity contribution in [1.29, 1.82) is 0 Å². The summed E-state index contributed by atoms with van der Waals surface area (Å²) in [6.45, 7) is 1.80. The molecule has 10 nitrogen and oxygen atoms in total. The summed E-state index contributed by atoms with van der Waals surface area (Å²) in [5.74, 6) is -0.901. The number of aromatic carboxylic acids is 1. The number of aliphatic hydroxyl groups is 1. The summed E-state index contributed by atoms with van der Waals surface area (Å²) in [6.07, 6.45) is -0.544. The average Bonchev–Trinajstić information content (AvgIpc) is 3.17. The van der Waals surface area contributed by atoms with Gasteiger partial charge in [-0.3, -0.25) is 4.79 Å². The summed E-state index contributed by atoms with van der Waals surface area (Å²) in [4.78, 5) is 25.9. The van der Waals surface area contributed by atoms with Gasteiger partial charge in [0.2, 0.25) is 15.9 Å². The van der Waals surface area contributed by atoms with Gasteiger partial charge in [0.15, 0.2) is 6.29 Å². The lowest BCUT2D eigenvalue weighted by Crippen LogP contribution is -2.45. The van der Waals surface area contributed by atoms with Gasteiger partial charge in [-0.25, -0.2) is 13.2 Å². The van der Waals surface area contributed by atoms with E-state index in [9.17, 15) is 28.2 Å². The van der Waals surface area contributed by atoms with E-state index in [1.54, 1.807) is 72.4 Å². The number of carbonyl (C=O) groups excluding carboxylic acids is 1. The standard InChI is InChI=1S/C41H40N2O8S2/c1-27-7-21-36(22-8-27)53(48,49)43-37(23-28-5-3-2-4-6-28)39(45)42-33-17-13-32(14-18-33)41-50-34(26-52-35-19-15-31(16-20-35)40(46)47)24-38(51-41)30-11-9-29(25-44)10-12-30/h2-22,34,37-38,41,43-44H,23-26H2,1H3,(H,42,45)(H,46,47)/t34-,37+,38+,41+/m0/s1. The predicted molar refractivity (Wildman–Crippen MR) is 203 cm³/mol. The van der Waals surface area contributed by atoms with E-state index < -0.39 is 34.2 Å². The molecule has 0 saturated carbocycles. The third kappa shape index (κ3) is 10.2. The molecule has 4 atom stereocenters. The van der Waals surface area contributed by atoms with Gasteiger partial charge < -0.3 is 25.0 Å². The first kappa shape index (κ1) is 37.9. The Kier molecular flexibility index (Phi) is 12.4. The van der Waals surface area contributed by atoms with Crippen molar-refractivity contribution in [3.63, 3.8) is 0 Å². The number of thioether (sulfide) groups is 1. The molecule has 1 saturated heterocycles. The SMILES string of the molecule is Cc1ccc(S(=O)(=O)N[C@H](Cc2ccccc2)C(=O)Nc2ccc([C@@H]3O[C@H](CSc4ccc(C(=O)O)cc4)C[C@H](c4ccc(CO)cc4)O3)cc2)cc1. The van der Waals surface area contributed by atoms with Crippen LogP contribution in [-0.2, 0) is 37.3 Å². The molecule has 5 aromatic rings. The Morgan fingerprint density at radius 3 is 2.11 bits per heavy atom. The number of aryl methyl sites for hydroxylation is 1. The maximum atomic E-state index is 13.7. The number of hydrogen-bond acceptors (Lipinski definition) is 8. The number of ether oxygens (including phenoxy) is 2. The van der Waals surface area contributed by atoms with E-state index >= 15 is 0 Å². The molecule has 0 unspecified atom stereocenters. The topological polar surface area (TPSA) is 151 Å². The molecule has 0 aromatic heterocycles. The van der Waals surface area contributed by atoms with Crippen molar-refractivity contribution >= 4 is 39.3 Å². The van der Waals surface area contributed by atoms with Crippen LogP contribution in [0.5, 0.6) is 0 Å². The molecular weight excluding hydrogens is 713 g/mol. The lowest BCUT2D eigenvalue weighted by atomic mass is 10.0. The average molecular weight is 753 g/mol. The zero-order valence-corrected chi connectivity index (χ0v) is 30.6. The Hall–Kier alpha value is -4.82. The Balaban J connectivity index is 1.17. The number of anilines is 1. The molecule has 1 heterocycles. The van der Waals surface area contributed by atoms with Gasteiger partial charge in [0.1, 0.15) is 6.04 Å². The smallest absolute Gasteiger partial charge is 0.335 e. The minimum absolute atomic E-state index is 0.0635. The van der Waals surface area contributed by atoms with E-state index in [0.29, 0.717) is 17.9 Å². The van der Waals surface area contributed by atoms with Gasteiger partial charge in [0, 0.05) is 28.3 Å². The molecule has 1 fully saturated rings. The summed E-state index contributed by atoms with van der Waals surface area (Å²) in [5, 5.41) is 21.6. The lowest BCUT2D eigenvalue weighted by molar-refractivity contribution is -0.245. The largest absolute Gasteiger partial charge is 0.478 e. The Morgan fingerprint density at radius 2 is 1.47 bits per heavy atom. The van der Waals surface area contributed by atoms with Crippen LogP contribution in [0.25, 0.3) is 0 Å². The molecule has 53 heavy (non-hydrogen) atoms. The van der Waals surface area contributed by atoms with E-state index in [1.807, 2.05) is 61.5 Å². The van der Waals surface area contributed by atoms with Crippen LogP contribution >= 0.6 is 11.8 Å². The highest BCUT2D eigenvalue weighted by Gasteiger charge is 2.33. The van der Waals surface area contributed by atoms with Gasteiger partial charge in [-0.2, -0.15) is 4.72 Å². The first-order valence-corrected chi connectivity index (χ1v) is 19.5. The van der Waals surface area contributed by atoms with Crippen molar-refractivity contribution < 1.29 is 37.7 Å². The molecule has 6 rings (SSSR count). The summed E-state index contributed by atoms with van der Waals surface area (Å²) in [5.41, 5.74) is 4.86. The maximum Gasteiger partial charge on any atom is 0.335 e. The van der Waals surface area contributed by atoms with Gasteiger partial charge >= 0.3 is 5.97 Å². The highest BCUT2D eigenvalue weighted by atomic mass is 32.2. The molecule has 1 aliphatic heterocycles. The number of amides is 1. The van der Waals surface area contributed by atoms with Gasteiger partial charge in [0.25, 0.3) is 0 Å². The lowest BCUT2D eigenvalue weighted by Gasteiger charge is -2.36. The van der Waals surface area contributed by atoms with Crippen LogP contribution in [0.1, 0.15) is 57.0 Å². The number of carboxylic acid groups (broad SMARTS) is 1. The molecule has 0 aliphatic carbocycles. The number of carbonyl (C=O) groups is 2. The first-order chi connectivity index (χ1) is 25.6. The van der Waals surface area contributed by atoms with Gasteiger partial charge in [0.05, 0.1) is 29.3 Å². The number of rotatable bonds is 14. The molecule has 1 amide bonds. The number of aliphatic hydroxyl groups excluding tert-OH is 1. The predicted octanol–water partition coefficient (Wildman–Crippen LogP) is 7.05. The summed E-state index contributed by atoms with van der Waals surface area (Å²) < 4.78 is 42.1. The highest BCUT2D eigenvalue weighted by molar-refractivity contribution is 7.99. The third-order valence-electron chi connectivity index (χ3n) is 8.83. The molecule has 0 spiro atoms. The highest BCUT2D eigenvalue weighted by Crippen LogP contribution is 2.39. The van der Waals surface area contributed by atoms with Crippen LogP contribution in [0, 0.1) is 6.92 Å². The minimum Gasteiger partial charge on any atom is -0.478 e. The summed E-state index contributed by atoms with van der Waals surface area (Å²) in [6, 6.07) is 35.9.